The van der Waals surface area contributed by atoms with Gasteiger partial charge in [-0.2, -0.15) is 4.68 Å². The Morgan fingerprint density at radius 2 is 2.15 bits per heavy atom. The molecule has 1 amide bonds. The third-order valence-electron chi connectivity index (χ3n) is 4.31. The van der Waals surface area contributed by atoms with Crippen LogP contribution in [0.15, 0.2) is 23.4 Å². The van der Waals surface area contributed by atoms with Gasteiger partial charge < -0.3 is 5.32 Å². The summed E-state index contributed by atoms with van der Waals surface area (Å²) in [7, 11) is -3.07. The van der Waals surface area contributed by atoms with E-state index >= 15 is 0 Å². The standard InChI is InChI=1S/C16H21N5O3S2/c1-11-4-5-12(2)13(8-11)21-15(18-19-20-21)25-9-14(22)17-16(3)6-7-26(23,24)10-16/h4-5,8H,6-7,9-10H2,1-3H3,(H,17,22)/t16-/m1/s1. The number of hydrogen-bond acceptors (Lipinski definition) is 7. The van der Waals surface area contributed by atoms with Crippen molar-refractivity contribution in [1.82, 2.24) is 25.5 Å². The fourth-order valence-electron chi connectivity index (χ4n) is 2.98. The van der Waals surface area contributed by atoms with E-state index in [2.05, 4.69) is 20.8 Å². The van der Waals surface area contributed by atoms with E-state index in [1.807, 2.05) is 32.0 Å². The quantitative estimate of drug-likeness (QED) is 0.755. The van der Waals surface area contributed by atoms with Gasteiger partial charge in [0.2, 0.25) is 11.1 Å². The number of rotatable bonds is 5. The molecule has 2 aromatic rings. The lowest BCUT2D eigenvalue weighted by molar-refractivity contribution is -0.120. The first-order valence-corrected chi connectivity index (χ1v) is 11.0. The summed E-state index contributed by atoms with van der Waals surface area (Å²) in [4.78, 5) is 12.3. The number of carbonyl (C=O) groups is 1. The number of thioether (sulfide) groups is 1. The Balaban J connectivity index is 1.67. The third-order valence-corrected chi connectivity index (χ3v) is 7.13. The second kappa shape index (κ2) is 6.99. The summed E-state index contributed by atoms with van der Waals surface area (Å²) in [5, 5.41) is 15.1. The molecule has 1 aliphatic heterocycles. The number of carbonyl (C=O) groups excluding carboxylic acids is 1. The number of tetrazole rings is 1. The molecule has 0 saturated carbocycles. The van der Waals surface area contributed by atoms with Crippen LogP contribution in [0.25, 0.3) is 5.69 Å². The molecule has 140 valence electrons. The summed E-state index contributed by atoms with van der Waals surface area (Å²) in [5.41, 5.74) is 2.28. The van der Waals surface area contributed by atoms with Crippen molar-refractivity contribution in [3.05, 3.63) is 29.3 Å². The van der Waals surface area contributed by atoms with Crippen LogP contribution < -0.4 is 5.32 Å². The van der Waals surface area contributed by atoms with Crippen LogP contribution in [0, 0.1) is 13.8 Å². The molecule has 10 heteroatoms. The van der Waals surface area contributed by atoms with Crippen molar-refractivity contribution < 1.29 is 13.2 Å². The third kappa shape index (κ3) is 4.24. The van der Waals surface area contributed by atoms with Gasteiger partial charge in [0.1, 0.15) is 0 Å². The predicted molar refractivity (Wildman–Crippen MR) is 99.2 cm³/mol. The Bertz CT molecular complexity index is 941. The molecule has 8 nitrogen and oxygen atoms in total. The molecule has 1 aromatic carbocycles. The van der Waals surface area contributed by atoms with Gasteiger partial charge in [-0.3, -0.25) is 4.79 Å². The van der Waals surface area contributed by atoms with E-state index in [0.717, 1.165) is 16.8 Å². The van der Waals surface area contributed by atoms with Gasteiger partial charge in [-0.15, -0.1) is 5.10 Å². The average Bonchev–Trinajstić information content (AvgIpc) is 3.11. The first kappa shape index (κ1) is 18.8. The maximum Gasteiger partial charge on any atom is 0.230 e. The Morgan fingerprint density at radius 1 is 1.38 bits per heavy atom. The maximum absolute atomic E-state index is 12.3. The number of benzene rings is 1. The van der Waals surface area contributed by atoms with Gasteiger partial charge >= 0.3 is 0 Å². The molecule has 26 heavy (non-hydrogen) atoms. The largest absolute Gasteiger partial charge is 0.349 e. The van der Waals surface area contributed by atoms with E-state index in [1.54, 1.807) is 11.6 Å². The molecule has 1 N–H and O–H groups in total. The molecule has 0 aliphatic carbocycles. The highest BCUT2D eigenvalue weighted by atomic mass is 32.2. The highest BCUT2D eigenvalue weighted by Gasteiger charge is 2.39. The van der Waals surface area contributed by atoms with E-state index in [9.17, 15) is 13.2 Å². The number of aromatic nitrogens is 4. The number of nitrogens with zero attached hydrogens (tertiary/aromatic N) is 4. The second-order valence-corrected chi connectivity index (χ2v) is 10.0. The van der Waals surface area contributed by atoms with Crippen LogP contribution in [-0.4, -0.2) is 57.3 Å². The predicted octanol–water partition coefficient (Wildman–Crippen LogP) is 1.06. The van der Waals surface area contributed by atoms with Crippen molar-refractivity contribution in [3.63, 3.8) is 0 Å². The lowest BCUT2D eigenvalue weighted by atomic mass is 10.0. The van der Waals surface area contributed by atoms with Gasteiger partial charge in [0, 0.05) is 0 Å². The van der Waals surface area contributed by atoms with Gasteiger partial charge in [0.25, 0.3) is 0 Å². The molecule has 2 heterocycles. The maximum atomic E-state index is 12.3. The zero-order valence-corrected chi connectivity index (χ0v) is 16.5. The molecule has 0 bridgehead atoms. The van der Waals surface area contributed by atoms with E-state index in [4.69, 9.17) is 0 Å². The highest BCUT2D eigenvalue weighted by molar-refractivity contribution is 7.99. The summed E-state index contributed by atoms with van der Waals surface area (Å²) in [6.07, 6.45) is 0.436. The first-order valence-electron chi connectivity index (χ1n) is 8.18. The van der Waals surface area contributed by atoms with Crippen LogP contribution in [0.5, 0.6) is 0 Å². The summed E-state index contributed by atoms with van der Waals surface area (Å²) >= 11 is 1.22. The Kier molecular flexibility index (Phi) is 5.07. The molecule has 0 spiro atoms. The number of hydrogen-bond donors (Lipinski definition) is 1. The molecule has 1 aromatic heterocycles. The van der Waals surface area contributed by atoms with Crippen LogP contribution >= 0.6 is 11.8 Å². The Hall–Kier alpha value is -1.94. The van der Waals surface area contributed by atoms with Gasteiger partial charge in [0.05, 0.1) is 28.5 Å². The summed E-state index contributed by atoms with van der Waals surface area (Å²) in [5.74, 6) is -0.0237. The number of nitrogens with one attached hydrogen (secondary N) is 1. The SMILES string of the molecule is Cc1ccc(C)c(-n2nnnc2SCC(=O)N[C@]2(C)CCS(=O)(=O)C2)c1. The van der Waals surface area contributed by atoms with Crippen LogP contribution in [0.2, 0.25) is 0 Å². The minimum Gasteiger partial charge on any atom is -0.349 e. The van der Waals surface area contributed by atoms with Crippen LogP contribution in [0.4, 0.5) is 0 Å². The van der Waals surface area contributed by atoms with Crippen LogP contribution in [0.1, 0.15) is 24.5 Å². The molecule has 1 aliphatic rings. The van der Waals surface area contributed by atoms with Gasteiger partial charge in [0.15, 0.2) is 9.84 Å². The Morgan fingerprint density at radius 3 is 2.85 bits per heavy atom. The molecule has 1 atom stereocenters. The lowest BCUT2D eigenvalue weighted by Gasteiger charge is -2.23. The van der Waals surface area contributed by atoms with Crippen LogP contribution in [-0.2, 0) is 14.6 Å². The molecule has 0 unspecified atom stereocenters. The van der Waals surface area contributed by atoms with E-state index in [-0.39, 0.29) is 23.2 Å². The molecule has 3 rings (SSSR count). The highest BCUT2D eigenvalue weighted by Crippen LogP contribution is 2.24. The molecular formula is C16H21N5O3S2. The molecule has 1 fully saturated rings. The fourth-order valence-corrected chi connectivity index (χ4v) is 5.76. The lowest BCUT2D eigenvalue weighted by Crippen LogP contribution is -2.47. The van der Waals surface area contributed by atoms with Crippen molar-refractivity contribution >= 4 is 27.5 Å². The number of sulfone groups is 1. The van der Waals surface area contributed by atoms with Crippen molar-refractivity contribution in [2.45, 2.75) is 37.9 Å². The van der Waals surface area contributed by atoms with Crippen molar-refractivity contribution in [3.8, 4) is 5.69 Å². The summed E-state index contributed by atoms with van der Waals surface area (Å²) in [6.45, 7) is 5.73. The summed E-state index contributed by atoms with van der Waals surface area (Å²) < 4.78 is 24.9. The minimum absolute atomic E-state index is 0.0172. The number of aryl methyl sites for hydroxylation is 2. The smallest absolute Gasteiger partial charge is 0.230 e. The summed E-state index contributed by atoms with van der Waals surface area (Å²) in [6, 6.07) is 5.99. The van der Waals surface area contributed by atoms with Crippen LogP contribution in [0.3, 0.4) is 0 Å². The van der Waals surface area contributed by atoms with E-state index in [0.29, 0.717) is 11.6 Å². The van der Waals surface area contributed by atoms with Crippen molar-refractivity contribution in [1.29, 1.82) is 0 Å². The molecule has 1 saturated heterocycles. The monoisotopic (exact) mass is 395 g/mol. The first-order chi connectivity index (χ1) is 12.2. The van der Waals surface area contributed by atoms with E-state index < -0.39 is 15.4 Å². The van der Waals surface area contributed by atoms with Gasteiger partial charge in [-0.1, -0.05) is 23.9 Å². The molecule has 0 radical (unpaired) electrons. The van der Waals surface area contributed by atoms with Gasteiger partial charge in [-0.25, -0.2) is 8.42 Å². The van der Waals surface area contributed by atoms with E-state index in [1.165, 1.54) is 11.8 Å². The second-order valence-electron chi connectivity index (χ2n) is 6.90. The average molecular weight is 396 g/mol. The van der Waals surface area contributed by atoms with Gasteiger partial charge in [-0.05, 0) is 54.8 Å². The zero-order chi connectivity index (χ0) is 18.9. The van der Waals surface area contributed by atoms with Crippen molar-refractivity contribution in [2.75, 3.05) is 17.3 Å². The Labute approximate surface area is 156 Å². The fraction of sp³-hybridized carbons (Fsp3) is 0.500. The molecular weight excluding hydrogens is 374 g/mol. The minimum atomic E-state index is -3.07. The number of amides is 1. The zero-order valence-electron chi connectivity index (χ0n) is 14.9. The van der Waals surface area contributed by atoms with Crippen molar-refractivity contribution in [2.24, 2.45) is 0 Å². The normalized spacial score (nSPS) is 21.7. The topological polar surface area (TPSA) is 107 Å².